The second-order valence-corrected chi connectivity index (χ2v) is 19.0. The van der Waals surface area contributed by atoms with Gasteiger partial charge in [-0.1, -0.05) is 193 Å². The molecule has 82 heavy (non-hydrogen) atoms. The van der Waals surface area contributed by atoms with E-state index in [1.807, 2.05) is 194 Å². The van der Waals surface area contributed by atoms with Crippen LogP contribution in [0, 0.1) is 0 Å². The summed E-state index contributed by atoms with van der Waals surface area (Å²) in [6.07, 6.45) is 9.65. The van der Waals surface area contributed by atoms with E-state index in [0.29, 0.717) is 0 Å². The first-order valence-corrected chi connectivity index (χ1v) is 26.5. The van der Waals surface area contributed by atoms with Crippen LogP contribution < -0.4 is 10.9 Å². The van der Waals surface area contributed by atoms with E-state index in [0.717, 1.165) is 33.4 Å². The number of hydrogen-bond acceptors (Lipinski definition) is 14. The number of carbonyl (C=O) groups is 4. The Morgan fingerprint density at radius 1 is 0.476 bits per heavy atom. The minimum Gasteiger partial charge on any atom is -0.741 e. The molecule has 0 fully saturated rings. The highest BCUT2D eigenvalue weighted by molar-refractivity contribution is 7.86. The van der Waals surface area contributed by atoms with Crippen LogP contribution in [0.5, 0.6) is 0 Å². The van der Waals surface area contributed by atoms with Crippen LogP contribution in [0.2, 0.25) is 0 Å². The van der Waals surface area contributed by atoms with Crippen LogP contribution in [-0.2, 0) is 62.0 Å². The molecule has 0 spiro atoms. The Hall–Kier alpha value is -8.98. The molecule has 436 valence electrons. The van der Waals surface area contributed by atoms with Gasteiger partial charge in [-0.05, 0) is 34.4 Å². The van der Waals surface area contributed by atoms with E-state index < -0.39 is 67.5 Å². The van der Waals surface area contributed by atoms with Crippen molar-refractivity contribution in [3.8, 4) is 0 Å². The lowest BCUT2D eigenvalue weighted by Crippen LogP contribution is -2.39. The number of hydrogen-bond donors (Lipinski definition) is 2. The van der Waals surface area contributed by atoms with Crippen LogP contribution in [0.15, 0.2) is 194 Å². The molecule has 0 aliphatic heterocycles. The largest absolute Gasteiger partial charge is 0.741 e. The Kier molecular flexibility index (Phi) is 28.1. The summed E-state index contributed by atoms with van der Waals surface area (Å²) < 4.78 is 142. The SMILES string of the molecule is COC(=O)C[C@H](c1ccccc1)/[N+](=C/C=C/c1ccccc1)NC(=O)OCc1ccccc1.COC(=O)C[C@H](c1ccccc1)/[N+](=C/C=C/c1ccccc1)NC(=O)OCc1ccccc1.O=S(=O)([O-])C(F)(F)F.O=S(=O)([O-])C(F)(F)F. The zero-order valence-corrected chi connectivity index (χ0v) is 45.1. The van der Waals surface area contributed by atoms with Crippen molar-refractivity contribution in [3.63, 3.8) is 0 Å². The van der Waals surface area contributed by atoms with Gasteiger partial charge in [0.1, 0.15) is 26.1 Å². The minimum atomic E-state index is -6.09. The van der Waals surface area contributed by atoms with Gasteiger partial charge in [0.25, 0.3) is 0 Å². The number of allylic oxidation sites excluding steroid dienone is 2. The number of carbonyl (C=O) groups excluding carboxylic acids is 4. The fraction of sp³-hybridized carbons (Fsp3) is 0.179. The first-order valence-electron chi connectivity index (χ1n) is 23.7. The number of nitrogens with one attached hydrogen (secondary N) is 2. The molecule has 0 bridgehead atoms. The van der Waals surface area contributed by atoms with Crippen LogP contribution in [0.25, 0.3) is 12.2 Å². The zero-order chi connectivity index (χ0) is 60.6. The Morgan fingerprint density at radius 2 is 0.732 bits per heavy atom. The third kappa shape index (κ3) is 26.3. The lowest BCUT2D eigenvalue weighted by atomic mass is 10.0. The predicted molar refractivity (Wildman–Crippen MR) is 286 cm³/mol. The molecule has 0 heterocycles. The Bertz CT molecular complexity index is 3050. The number of esters is 2. The zero-order valence-electron chi connectivity index (χ0n) is 43.5. The molecule has 6 rings (SSSR count). The van der Waals surface area contributed by atoms with E-state index in [1.54, 1.807) is 34.0 Å². The van der Waals surface area contributed by atoms with Gasteiger partial charge in [-0.15, -0.1) is 9.37 Å². The molecule has 0 radical (unpaired) electrons. The number of hydrazone groups is 2. The quantitative estimate of drug-likeness (QED) is 0.0119. The molecule has 0 aliphatic carbocycles. The summed E-state index contributed by atoms with van der Waals surface area (Å²) in [5.41, 5.74) is -0.326. The average Bonchev–Trinajstić information content (AvgIpc) is 3.57. The van der Waals surface area contributed by atoms with Crippen molar-refractivity contribution in [2.75, 3.05) is 14.2 Å². The average molecular weight is 1190 g/mol. The van der Waals surface area contributed by atoms with E-state index in [1.165, 1.54) is 14.2 Å². The first kappa shape index (κ1) is 67.3. The van der Waals surface area contributed by atoms with Crippen molar-refractivity contribution in [1.82, 2.24) is 10.9 Å². The summed E-state index contributed by atoms with van der Waals surface area (Å²) in [5.74, 6) is -0.789. The molecule has 18 nitrogen and oxygen atoms in total. The van der Waals surface area contributed by atoms with Crippen LogP contribution >= 0.6 is 0 Å². The maximum absolute atomic E-state index is 12.6. The van der Waals surface area contributed by atoms with Crippen molar-refractivity contribution in [1.29, 1.82) is 0 Å². The van der Waals surface area contributed by atoms with Gasteiger partial charge in [0, 0.05) is 23.3 Å². The molecular formula is C56H54F6N4O14S2. The van der Waals surface area contributed by atoms with E-state index in [4.69, 9.17) is 44.9 Å². The second kappa shape index (κ2) is 34.2. The number of benzene rings is 6. The summed E-state index contributed by atoms with van der Waals surface area (Å²) in [6, 6.07) is 56.3. The summed E-state index contributed by atoms with van der Waals surface area (Å²) in [5, 5.41) is 0. The number of halogens is 6. The van der Waals surface area contributed by atoms with Gasteiger partial charge in [-0.2, -0.15) is 26.3 Å². The minimum absolute atomic E-state index is 0.0369. The number of amides is 2. The molecule has 6 aromatic rings. The summed E-state index contributed by atoms with van der Waals surface area (Å²) >= 11 is 0. The first-order chi connectivity index (χ1) is 38.8. The van der Waals surface area contributed by atoms with Crippen LogP contribution in [0.1, 0.15) is 58.3 Å². The van der Waals surface area contributed by atoms with E-state index in [2.05, 4.69) is 10.9 Å². The summed E-state index contributed by atoms with van der Waals surface area (Å²) in [7, 11) is -9.50. The van der Waals surface area contributed by atoms with Gasteiger partial charge >= 0.3 is 35.1 Å². The molecule has 2 atom stereocenters. The van der Waals surface area contributed by atoms with Gasteiger partial charge < -0.3 is 28.1 Å². The van der Waals surface area contributed by atoms with Gasteiger partial charge in [-0.3, -0.25) is 9.59 Å². The van der Waals surface area contributed by atoms with Crippen molar-refractivity contribution in [3.05, 3.63) is 228 Å². The monoisotopic (exact) mass is 1180 g/mol. The Labute approximate surface area is 468 Å². The molecule has 0 aliphatic rings. The number of methoxy groups -OCH3 is 2. The maximum atomic E-state index is 12.6. The second-order valence-electron chi connectivity index (χ2n) is 16.2. The highest BCUT2D eigenvalue weighted by Gasteiger charge is 2.38. The molecule has 6 aromatic carbocycles. The van der Waals surface area contributed by atoms with E-state index in [9.17, 15) is 45.5 Å². The Morgan fingerprint density at radius 3 is 0.988 bits per heavy atom. The lowest BCUT2D eigenvalue weighted by Gasteiger charge is -2.15. The number of rotatable bonds is 18. The Balaban J connectivity index is 0.000000340. The third-order valence-electron chi connectivity index (χ3n) is 10.3. The number of alkyl halides is 6. The standard InChI is InChI=1S/2C27H26N2O4.2CHF3O3S/c2*1-32-26(30)20-25(24-17-9-4-10-18-24)29(19-11-16-22-12-5-2-6-13-22)28-27(31)33-21-23-14-7-3-8-15-23;2*2-1(3,4)8(5,6)7/h2*2-19,25H,20-21H2,1H3;2*(H,5,6,7)/b2*16-11+,29-19-;;/t2*25-;;/m11../s1. The van der Waals surface area contributed by atoms with Crippen LogP contribution in [0.3, 0.4) is 0 Å². The molecule has 0 unspecified atom stereocenters. The molecule has 0 aromatic heterocycles. The van der Waals surface area contributed by atoms with Crippen LogP contribution in [-0.4, -0.2) is 97.1 Å². The molecule has 0 saturated carbocycles. The molecule has 26 heteroatoms. The normalized spacial score (nSPS) is 12.6. The van der Waals surface area contributed by atoms with E-state index in [-0.39, 0.29) is 26.1 Å². The smallest absolute Gasteiger partial charge is 0.485 e. The maximum Gasteiger partial charge on any atom is 0.485 e. The fourth-order valence-corrected chi connectivity index (χ4v) is 6.37. The molecular weight excluding hydrogens is 1130 g/mol. The van der Waals surface area contributed by atoms with Gasteiger partial charge in [0.2, 0.25) is 12.1 Å². The fourth-order valence-electron chi connectivity index (χ4n) is 6.37. The van der Waals surface area contributed by atoms with E-state index >= 15 is 0 Å². The van der Waals surface area contributed by atoms with Gasteiger partial charge in [-0.25, -0.2) is 26.4 Å². The third-order valence-corrected chi connectivity index (χ3v) is 11.5. The molecule has 2 N–H and O–H groups in total. The van der Waals surface area contributed by atoms with Gasteiger partial charge in [0.15, 0.2) is 32.7 Å². The van der Waals surface area contributed by atoms with Crippen molar-refractivity contribution < 1.29 is 99.8 Å². The molecule has 2 amide bonds. The predicted octanol–water partition coefficient (Wildman–Crippen LogP) is 9.96. The van der Waals surface area contributed by atoms with Crippen molar-refractivity contribution >= 4 is 68.9 Å². The lowest BCUT2D eigenvalue weighted by molar-refractivity contribution is -0.611. The summed E-state index contributed by atoms with van der Waals surface area (Å²) in [6.45, 7) is 0.265. The van der Waals surface area contributed by atoms with Gasteiger partial charge in [0.05, 0.1) is 14.2 Å². The molecule has 0 saturated heterocycles. The number of ether oxygens (including phenoxy) is 4. The number of hydrazine groups is 2. The van der Waals surface area contributed by atoms with Crippen molar-refractivity contribution in [2.45, 2.75) is 49.2 Å². The highest BCUT2D eigenvalue weighted by Crippen LogP contribution is 2.24. The highest BCUT2D eigenvalue weighted by atomic mass is 32.2. The topological polar surface area (TPSA) is 250 Å². The summed E-state index contributed by atoms with van der Waals surface area (Å²) in [4.78, 5) is 49.6. The number of nitrogens with zero attached hydrogens (tertiary/aromatic N) is 2. The van der Waals surface area contributed by atoms with Crippen LogP contribution in [0.4, 0.5) is 35.9 Å². The van der Waals surface area contributed by atoms with Crippen molar-refractivity contribution in [2.24, 2.45) is 0 Å².